The van der Waals surface area contributed by atoms with Crippen LogP contribution in [0.1, 0.15) is 32.7 Å². The number of carbonyl (C=O) groups excluding carboxylic acids is 2. The molecule has 8 nitrogen and oxygen atoms in total. The number of hydrogen-bond acceptors (Lipinski definition) is 6. The van der Waals surface area contributed by atoms with Gasteiger partial charge in [0.05, 0.1) is 4.47 Å². The molecule has 4 atom stereocenters. The van der Waals surface area contributed by atoms with Crippen LogP contribution in [0.3, 0.4) is 0 Å². The molecule has 0 aromatic carbocycles. The van der Waals surface area contributed by atoms with Crippen LogP contribution >= 0.6 is 15.9 Å². The summed E-state index contributed by atoms with van der Waals surface area (Å²) in [5, 5.41) is 0. The Kier molecular flexibility index (Phi) is 4.15. The van der Waals surface area contributed by atoms with Crippen LogP contribution in [-0.2, 0) is 19.1 Å². The molecule has 0 spiro atoms. The normalized spacial score (nSPS) is 30.5. The highest BCUT2D eigenvalue weighted by Crippen LogP contribution is 2.68. The number of ether oxygens (including phenoxy) is 2. The van der Waals surface area contributed by atoms with Crippen LogP contribution in [0.5, 0.6) is 0 Å². The smallest absolute Gasteiger partial charge is 0.328 e. The Balaban J connectivity index is 1.91. The summed E-state index contributed by atoms with van der Waals surface area (Å²) >= 11 is 3.12. The molecule has 1 aromatic heterocycles. The zero-order valence-corrected chi connectivity index (χ0v) is 14.8. The first-order valence-electron chi connectivity index (χ1n) is 7.56. The van der Waals surface area contributed by atoms with Crippen molar-refractivity contribution in [2.45, 2.75) is 38.8 Å². The Labute approximate surface area is 145 Å². The first-order chi connectivity index (χ1) is 11.2. The van der Waals surface area contributed by atoms with Crippen LogP contribution in [0.4, 0.5) is 0 Å². The average molecular weight is 401 g/mol. The fourth-order valence-electron chi connectivity index (χ4n) is 3.73. The third kappa shape index (κ3) is 2.81. The van der Waals surface area contributed by atoms with Gasteiger partial charge >= 0.3 is 17.6 Å². The molecule has 2 saturated carbocycles. The van der Waals surface area contributed by atoms with Gasteiger partial charge in [-0.05, 0) is 28.3 Å². The van der Waals surface area contributed by atoms with Crippen LogP contribution in [0.2, 0.25) is 0 Å². The van der Waals surface area contributed by atoms with Crippen LogP contribution in [0.25, 0.3) is 0 Å². The number of aromatic amines is 1. The number of nitrogens with one attached hydrogen (secondary N) is 1. The lowest BCUT2D eigenvalue weighted by molar-refractivity contribution is -0.153. The third-order valence-corrected chi connectivity index (χ3v) is 5.44. The van der Waals surface area contributed by atoms with Gasteiger partial charge in [0.2, 0.25) is 0 Å². The number of halogens is 1. The van der Waals surface area contributed by atoms with Gasteiger partial charge in [0.1, 0.15) is 12.7 Å². The first-order valence-corrected chi connectivity index (χ1v) is 8.35. The minimum Gasteiger partial charge on any atom is -0.465 e. The van der Waals surface area contributed by atoms with Gasteiger partial charge in [-0.25, -0.2) is 4.79 Å². The second-order valence-electron chi connectivity index (χ2n) is 6.37. The van der Waals surface area contributed by atoms with Gasteiger partial charge in [-0.15, -0.1) is 0 Å². The number of esters is 2. The van der Waals surface area contributed by atoms with E-state index in [9.17, 15) is 19.2 Å². The molecule has 1 N–H and O–H groups in total. The van der Waals surface area contributed by atoms with Gasteiger partial charge in [0.25, 0.3) is 5.56 Å². The monoisotopic (exact) mass is 400 g/mol. The lowest BCUT2D eigenvalue weighted by atomic mass is 10.0. The van der Waals surface area contributed by atoms with Crippen molar-refractivity contribution in [2.24, 2.45) is 11.3 Å². The zero-order chi connectivity index (χ0) is 17.6. The SMILES string of the molecule is CC(=O)OCC12C[C@@H]1[C@@H](n1cc(Br)c(=O)[nH]c1=O)C[C@@H]2OC(C)=O. The summed E-state index contributed by atoms with van der Waals surface area (Å²) in [6.45, 7) is 2.80. The molecule has 0 radical (unpaired) electrons. The number of H-pyrrole nitrogens is 1. The molecule has 9 heteroatoms. The molecule has 130 valence electrons. The number of hydrogen-bond donors (Lipinski definition) is 1. The summed E-state index contributed by atoms with van der Waals surface area (Å²) in [7, 11) is 0. The fourth-order valence-corrected chi connectivity index (χ4v) is 4.05. The van der Waals surface area contributed by atoms with Crippen molar-refractivity contribution in [1.82, 2.24) is 9.55 Å². The van der Waals surface area contributed by atoms with Crippen LogP contribution < -0.4 is 11.2 Å². The molecular formula is C15H17BrN2O6. The van der Waals surface area contributed by atoms with E-state index < -0.39 is 34.7 Å². The van der Waals surface area contributed by atoms with E-state index >= 15 is 0 Å². The Morgan fingerprint density at radius 2 is 2.08 bits per heavy atom. The number of rotatable bonds is 4. The number of fused-ring (bicyclic) bond motifs is 1. The molecule has 0 amide bonds. The highest BCUT2D eigenvalue weighted by Gasteiger charge is 2.70. The van der Waals surface area contributed by atoms with Crippen molar-refractivity contribution < 1.29 is 19.1 Å². The fraction of sp³-hybridized carbons (Fsp3) is 0.600. The van der Waals surface area contributed by atoms with E-state index in [1.54, 1.807) is 0 Å². The van der Waals surface area contributed by atoms with Crippen LogP contribution in [0, 0.1) is 11.3 Å². The molecule has 2 fully saturated rings. The molecule has 1 aromatic rings. The minimum absolute atomic E-state index is 0.0386. The second kappa shape index (κ2) is 5.87. The highest BCUT2D eigenvalue weighted by atomic mass is 79.9. The van der Waals surface area contributed by atoms with E-state index in [0.717, 1.165) is 0 Å². The van der Waals surface area contributed by atoms with E-state index in [1.807, 2.05) is 0 Å². The molecule has 0 saturated heterocycles. The summed E-state index contributed by atoms with van der Waals surface area (Å²) in [5.41, 5.74) is -1.46. The molecule has 0 aliphatic heterocycles. The van der Waals surface area contributed by atoms with Crippen molar-refractivity contribution in [2.75, 3.05) is 6.61 Å². The number of nitrogens with zero attached hydrogens (tertiary/aromatic N) is 1. The molecule has 1 unspecified atom stereocenters. The largest absolute Gasteiger partial charge is 0.465 e. The maximum absolute atomic E-state index is 12.1. The second-order valence-corrected chi connectivity index (χ2v) is 7.22. The molecular weight excluding hydrogens is 384 g/mol. The predicted molar refractivity (Wildman–Crippen MR) is 85.4 cm³/mol. The van der Waals surface area contributed by atoms with Crippen LogP contribution in [-0.4, -0.2) is 34.2 Å². The van der Waals surface area contributed by atoms with Crippen molar-refractivity contribution in [3.05, 3.63) is 31.5 Å². The highest BCUT2D eigenvalue weighted by molar-refractivity contribution is 9.10. The molecule has 0 bridgehead atoms. The Morgan fingerprint density at radius 1 is 1.38 bits per heavy atom. The molecule has 3 rings (SSSR count). The van der Waals surface area contributed by atoms with E-state index in [0.29, 0.717) is 12.8 Å². The van der Waals surface area contributed by atoms with E-state index in [2.05, 4.69) is 20.9 Å². The van der Waals surface area contributed by atoms with Gasteiger partial charge in [-0.3, -0.25) is 23.9 Å². The first kappa shape index (κ1) is 16.9. The van der Waals surface area contributed by atoms with Crippen molar-refractivity contribution >= 4 is 27.9 Å². The van der Waals surface area contributed by atoms with Crippen LogP contribution in [0.15, 0.2) is 20.3 Å². The maximum atomic E-state index is 12.1. The molecule has 24 heavy (non-hydrogen) atoms. The third-order valence-electron chi connectivity index (χ3n) is 4.87. The Hall–Kier alpha value is -1.90. The topological polar surface area (TPSA) is 107 Å². The van der Waals surface area contributed by atoms with E-state index in [-0.39, 0.29) is 23.0 Å². The summed E-state index contributed by atoms with van der Waals surface area (Å²) in [6.07, 6.45) is 2.15. The summed E-state index contributed by atoms with van der Waals surface area (Å²) < 4.78 is 12.3. The number of carbonyl (C=O) groups is 2. The quantitative estimate of drug-likeness (QED) is 0.746. The van der Waals surface area contributed by atoms with Gasteiger partial charge in [-0.1, -0.05) is 0 Å². The van der Waals surface area contributed by atoms with Gasteiger partial charge in [-0.2, -0.15) is 0 Å². The van der Waals surface area contributed by atoms with Gasteiger partial charge in [0.15, 0.2) is 0 Å². The molecule has 2 aliphatic rings. The standard InChI is InChI=1S/C15H17BrN2O6/c1-7(19)23-6-15-4-9(15)11(3-12(15)24-8(2)20)18-5-10(16)13(21)17-14(18)22/h5,9,11-12H,3-4,6H2,1-2H3,(H,17,21,22)/t9-,11+,12+,15?/m1/s1. The summed E-state index contributed by atoms with van der Waals surface area (Å²) in [4.78, 5) is 48.4. The van der Waals surface area contributed by atoms with Gasteiger partial charge < -0.3 is 9.47 Å². The summed E-state index contributed by atoms with van der Waals surface area (Å²) in [6, 6.07) is -0.231. The zero-order valence-electron chi connectivity index (χ0n) is 13.2. The van der Waals surface area contributed by atoms with E-state index in [4.69, 9.17) is 9.47 Å². The van der Waals surface area contributed by atoms with Crippen molar-refractivity contribution in [3.8, 4) is 0 Å². The van der Waals surface area contributed by atoms with Crippen molar-refractivity contribution in [3.63, 3.8) is 0 Å². The Morgan fingerprint density at radius 3 is 2.71 bits per heavy atom. The minimum atomic E-state index is -0.509. The molecule has 2 aliphatic carbocycles. The summed E-state index contributed by atoms with van der Waals surface area (Å²) in [5.74, 6) is -0.774. The Bertz CT molecular complexity index is 815. The van der Waals surface area contributed by atoms with E-state index in [1.165, 1.54) is 24.6 Å². The average Bonchev–Trinajstić information content (AvgIpc) is 3.14. The van der Waals surface area contributed by atoms with Gasteiger partial charge in [0, 0.05) is 37.9 Å². The lowest BCUT2D eigenvalue weighted by Crippen LogP contribution is -2.33. The lowest BCUT2D eigenvalue weighted by Gasteiger charge is -2.23. The van der Waals surface area contributed by atoms with Crippen molar-refractivity contribution in [1.29, 1.82) is 0 Å². The predicted octanol–water partition coefficient (Wildman–Crippen LogP) is 0.745. The molecule has 1 heterocycles. The number of aromatic nitrogens is 2. The maximum Gasteiger partial charge on any atom is 0.328 e.